The van der Waals surface area contributed by atoms with E-state index in [0.29, 0.717) is 62.4 Å². The highest BCUT2D eigenvalue weighted by molar-refractivity contribution is 6.39. The standard InChI is InChI=1S/C27H27Cl2F2N5O/c1-2-37-18-11-19(28)24(20(29)12-18)26-34-23-14-33-27(32-13-17-8-9-21(30)22(31)10-17)35-25(23)36(26)15-16-6-4-3-5-7-16/h8-12,14,16H,2-7,13,15H2,1H3,(H,32,33,35). The van der Waals surface area contributed by atoms with Gasteiger partial charge >= 0.3 is 0 Å². The Morgan fingerprint density at radius 2 is 1.78 bits per heavy atom. The molecular weight excluding hydrogens is 519 g/mol. The van der Waals surface area contributed by atoms with E-state index in [1.807, 2.05) is 6.92 Å². The van der Waals surface area contributed by atoms with Gasteiger partial charge in [-0.05, 0) is 55.5 Å². The lowest BCUT2D eigenvalue weighted by molar-refractivity contribution is 0.322. The molecule has 1 aliphatic rings. The lowest BCUT2D eigenvalue weighted by Crippen LogP contribution is -2.16. The molecule has 0 atom stereocenters. The zero-order valence-corrected chi connectivity index (χ0v) is 21.9. The van der Waals surface area contributed by atoms with Crippen molar-refractivity contribution < 1.29 is 13.5 Å². The van der Waals surface area contributed by atoms with E-state index in [1.54, 1.807) is 18.3 Å². The summed E-state index contributed by atoms with van der Waals surface area (Å²) in [6, 6.07) is 7.27. The van der Waals surface area contributed by atoms with Crippen LogP contribution in [0.25, 0.3) is 22.6 Å². The summed E-state index contributed by atoms with van der Waals surface area (Å²) in [6.07, 6.45) is 7.57. The van der Waals surface area contributed by atoms with Crippen molar-refractivity contribution in [3.05, 3.63) is 63.8 Å². The van der Waals surface area contributed by atoms with Crippen molar-refractivity contribution in [2.24, 2.45) is 5.92 Å². The minimum atomic E-state index is -0.894. The van der Waals surface area contributed by atoms with Gasteiger partial charge in [-0.15, -0.1) is 0 Å². The number of rotatable bonds is 8. The van der Waals surface area contributed by atoms with Gasteiger partial charge in [0.15, 0.2) is 17.3 Å². The first-order chi connectivity index (χ1) is 17.9. The number of nitrogens with zero attached hydrogens (tertiary/aromatic N) is 4. The van der Waals surface area contributed by atoms with Crippen LogP contribution in [0, 0.1) is 17.6 Å². The Labute approximate surface area is 224 Å². The van der Waals surface area contributed by atoms with Gasteiger partial charge in [0.1, 0.15) is 17.1 Å². The smallest absolute Gasteiger partial charge is 0.225 e. The number of hydrogen-bond acceptors (Lipinski definition) is 5. The topological polar surface area (TPSA) is 64.9 Å². The predicted molar refractivity (Wildman–Crippen MR) is 142 cm³/mol. The monoisotopic (exact) mass is 545 g/mol. The first-order valence-corrected chi connectivity index (χ1v) is 13.2. The van der Waals surface area contributed by atoms with Gasteiger partial charge in [-0.3, -0.25) is 0 Å². The minimum Gasteiger partial charge on any atom is -0.494 e. The van der Waals surface area contributed by atoms with Crippen molar-refractivity contribution in [2.45, 2.75) is 52.1 Å². The van der Waals surface area contributed by atoms with Crippen LogP contribution in [-0.2, 0) is 13.1 Å². The van der Waals surface area contributed by atoms with Crippen molar-refractivity contribution in [3.63, 3.8) is 0 Å². The fourth-order valence-corrected chi connectivity index (χ4v) is 5.48. The molecule has 0 unspecified atom stereocenters. The summed E-state index contributed by atoms with van der Waals surface area (Å²) in [5.74, 6) is 0.295. The quantitative estimate of drug-likeness (QED) is 0.246. The van der Waals surface area contributed by atoms with E-state index >= 15 is 0 Å². The molecule has 1 aliphatic carbocycles. The van der Waals surface area contributed by atoms with E-state index < -0.39 is 11.6 Å². The summed E-state index contributed by atoms with van der Waals surface area (Å²) in [6.45, 7) is 3.37. The summed E-state index contributed by atoms with van der Waals surface area (Å²) in [5, 5.41) is 3.99. The largest absolute Gasteiger partial charge is 0.494 e. The van der Waals surface area contributed by atoms with E-state index in [2.05, 4.69) is 14.9 Å². The van der Waals surface area contributed by atoms with Gasteiger partial charge < -0.3 is 14.6 Å². The molecule has 0 amide bonds. The van der Waals surface area contributed by atoms with Crippen LogP contribution in [0.2, 0.25) is 10.0 Å². The summed E-state index contributed by atoms with van der Waals surface area (Å²) in [5.41, 5.74) is 2.47. The second-order valence-corrected chi connectivity index (χ2v) is 10.1. The van der Waals surface area contributed by atoms with Crippen LogP contribution in [0.4, 0.5) is 14.7 Å². The van der Waals surface area contributed by atoms with Crippen LogP contribution in [0.5, 0.6) is 5.75 Å². The fraction of sp³-hybridized carbons (Fsp3) is 0.370. The highest BCUT2D eigenvalue weighted by Crippen LogP contribution is 2.39. The Morgan fingerprint density at radius 1 is 1.03 bits per heavy atom. The first kappa shape index (κ1) is 25.7. The highest BCUT2D eigenvalue weighted by Gasteiger charge is 2.24. The Kier molecular flexibility index (Phi) is 7.76. The number of fused-ring (bicyclic) bond motifs is 1. The molecule has 1 saturated carbocycles. The highest BCUT2D eigenvalue weighted by atomic mass is 35.5. The molecule has 37 heavy (non-hydrogen) atoms. The average molecular weight is 546 g/mol. The maximum atomic E-state index is 13.6. The lowest BCUT2D eigenvalue weighted by atomic mass is 9.89. The summed E-state index contributed by atoms with van der Waals surface area (Å²) < 4.78 is 34.6. The normalized spacial score (nSPS) is 14.3. The zero-order valence-electron chi connectivity index (χ0n) is 20.4. The van der Waals surface area contributed by atoms with Crippen LogP contribution in [0.15, 0.2) is 36.5 Å². The Hall–Kier alpha value is -2.97. The van der Waals surface area contributed by atoms with Gasteiger partial charge in [0.2, 0.25) is 5.95 Å². The molecule has 4 aromatic rings. The second kappa shape index (κ2) is 11.2. The third kappa shape index (κ3) is 5.65. The Morgan fingerprint density at radius 3 is 2.49 bits per heavy atom. The van der Waals surface area contributed by atoms with Gasteiger partial charge in [0.25, 0.3) is 0 Å². The number of halogens is 4. The fourth-order valence-electron chi connectivity index (χ4n) is 4.84. The van der Waals surface area contributed by atoms with E-state index in [9.17, 15) is 8.78 Å². The zero-order chi connectivity index (χ0) is 25.9. The number of aromatic nitrogens is 4. The Balaban J connectivity index is 1.53. The van der Waals surface area contributed by atoms with E-state index in [1.165, 1.54) is 25.3 Å². The van der Waals surface area contributed by atoms with Gasteiger partial charge in [-0.2, -0.15) is 4.98 Å². The van der Waals surface area contributed by atoms with Gasteiger partial charge in [0.05, 0.1) is 28.4 Å². The van der Waals surface area contributed by atoms with Crippen LogP contribution < -0.4 is 10.1 Å². The van der Waals surface area contributed by atoms with E-state index in [4.69, 9.17) is 37.9 Å². The number of benzene rings is 2. The molecule has 2 heterocycles. The molecule has 194 valence electrons. The van der Waals surface area contributed by atoms with Gasteiger partial charge in [-0.1, -0.05) is 48.5 Å². The molecule has 0 aliphatic heterocycles. The number of hydrogen-bond donors (Lipinski definition) is 1. The lowest BCUT2D eigenvalue weighted by Gasteiger charge is -2.23. The van der Waals surface area contributed by atoms with Crippen molar-refractivity contribution in [2.75, 3.05) is 11.9 Å². The third-order valence-electron chi connectivity index (χ3n) is 6.64. The second-order valence-electron chi connectivity index (χ2n) is 9.25. The van der Waals surface area contributed by atoms with Crippen LogP contribution in [0.1, 0.15) is 44.6 Å². The van der Waals surface area contributed by atoms with Crippen molar-refractivity contribution in [1.29, 1.82) is 0 Å². The average Bonchev–Trinajstić information content (AvgIpc) is 3.22. The summed E-state index contributed by atoms with van der Waals surface area (Å²) >= 11 is 13.4. The van der Waals surface area contributed by atoms with Crippen molar-refractivity contribution in [1.82, 2.24) is 19.5 Å². The molecule has 5 rings (SSSR count). The van der Waals surface area contributed by atoms with Gasteiger partial charge in [-0.25, -0.2) is 18.7 Å². The molecule has 0 bridgehead atoms. The molecule has 0 radical (unpaired) electrons. The molecule has 2 aromatic carbocycles. The molecular formula is C27H27Cl2F2N5O. The molecule has 6 nitrogen and oxygen atoms in total. The molecule has 2 aromatic heterocycles. The van der Waals surface area contributed by atoms with Gasteiger partial charge in [0, 0.05) is 13.1 Å². The van der Waals surface area contributed by atoms with Crippen LogP contribution in [0.3, 0.4) is 0 Å². The third-order valence-corrected chi connectivity index (χ3v) is 7.23. The Bertz CT molecular complexity index is 1400. The van der Waals surface area contributed by atoms with Crippen LogP contribution >= 0.6 is 23.2 Å². The molecule has 1 N–H and O–H groups in total. The van der Waals surface area contributed by atoms with E-state index in [-0.39, 0.29) is 6.54 Å². The molecule has 0 saturated heterocycles. The number of nitrogens with one attached hydrogen (secondary N) is 1. The SMILES string of the molecule is CCOc1cc(Cl)c(-c2nc3cnc(NCc4ccc(F)c(F)c4)nc3n2CC2CCCCC2)c(Cl)c1. The van der Waals surface area contributed by atoms with Crippen molar-refractivity contribution >= 4 is 40.3 Å². The summed E-state index contributed by atoms with van der Waals surface area (Å²) in [4.78, 5) is 14.0. The number of ether oxygens (including phenoxy) is 1. The van der Waals surface area contributed by atoms with Crippen LogP contribution in [-0.4, -0.2) is 26.1 Å². The maximum Gasteiger partial charge on any atom is 0.225 e. The number of imidazole rings is 1. The van der Waals surface area contributed by atoms with Crippen molar-refractivity contribution in [3.8, 4) is 17.1 Å². The summed E-state index contributed by atoms with van der Waals surface area (Å²) in [7, 11) is 0. The minimum absolute atomic E-state index is 0.239. The molecule has 1 fully saturated rings. The molecule has 10 heteroatoms. The maximum absolute atomic E-state index is 13.6. The number of anilines is 1. The predicted octanol–water partition coefficient (Wildman–Crippen LogP) is 7.67. The van der Waals surface area contributed by atoms with E-state index in [0.717, 1.165) is 31.5 Å². The molecule has 0 spiro atoms. The first-order valence-electron chi connectivity index (χ1n) is 12.5.